The van der Waals surface area contributed by atoms with Gasteiger partial charge in [-0.3, -0.25) is 4.98 Å². The summed E-state index contributed by atoms with van der Waals surface area (Å²) in [7, 11) is 0. The smallest absolute Gasteiger partial charge is 0.151 e. The van der Waals surface area contributed by atoms with Gasteiger partial charge in [0.05, 0.1) is 5.69 Å². The first-order valence-electron chi connectivity index (χ1n) is 5.49. The lowest BCUT2D eigenvalue weighted by molar-refractivity contribution is 1.12. The molecule has 3 nitrogen and oxygen atoms in total. The fourth-order valence-corrected chi connectivity index (χ4v) is 1.75. The van der Waals surface area contributed by atoms with E-state index >= 15 is 0 Å². The minimum absolute atomic E-state index is 0.649. The highest BCUT2D eigenvalue weighted by Crippen LogP contribution is 2.17. The second-order valence-corrected chi connectivity index (χ2v) is 4.13. The van der Waals surface area contributed by atoms with Crippen molar-refractivity contribution in [3.8, 4) is 0 Å². The van der Waals surface area contributed by atoms with Crippen LogP contribution in [0.3, 0.4) is 0 Å². The third kappa shape index (κ3) is 3.17. The van der Waals surface area contributed by atoms with E-state index in [2.05, 4.69) is 27.4 Å². The van der Waals surface area contributed by atoms with E-state index in [1.165, 1.54) is 5.56 Å². The number of halogens is 1. The molecule has 0 radical (unpaired) electrons. The first-order valence-corrected chi connectivity index (χ1v) is 6.02. The minimum Gasteiger partial charge on any atom is -0.339 e. The molecule has 0 saturated heterocycles. The molecular formula is C13H14ClN3. The molecule has 1 aromatic carbocycles. The Morgan fingerprint density at radius 1 is 1.12 bits per heavy atom. The van der Waals surface area contributed by atoms with Crippen molar-refractivity contribution in [2.45, 2.75) is 13.3 Å². The maximum atomic E-state index is 5.69. The third-order valence-corrected chi connectivity index (χ3v) is 2.67. The van der Waals surface area contributed by atoms with Crippen LogP contribution in [0.2, 0.25) is 0 Å². The van der Waals surface area contributed by atoms with Gasteiger partial charge in [0, 0.05) is 24.0 Å². The zero-order valence-electron chi connectivity index (χ0n) is 9.65. The Morgan fingerprint density at radius 3 is 2.47 bits per heavy atom. The minimum atomic E-state index is 0.649. The Labute approximate surface area is 106 Å². The molecule has 0 aliphatic carbocycles. The van der Waals surface area contributed by atoms with Gasteiger partial charge in [0.25, 0.3) is 0 Å². The standard InChI is InChI=1S/C13H14ClN3/c1-10-13(16-9-8-15-10)17-12-4-2-11(3-5-12)6-7-14/h2-5,8-9H,6-7H2,1H3,(H,16,17). The summed E-state index contributed by atoms with van der Waals surface area (Å²) in [6.45, 7) is 1.93. The van der Waals surface area contributed by atoms with Gasteiger partial charge in [0.15, 0.2) is 5.82 Å². The van der Waals surface area contributed by atoms with Crippen molar-refractivity contribution in [1.29, 1.82) is 0 Å². The molecule has 2 rings (SSSR count). The summed E-state index contributed by atoms with van der Waals surface area (Å²) in [5.41, 5.74) is 3.13. The van der Waals surface area contributed by atoms with Crippen LogP contribution in [0.1, 0.15) is 11.3 Å². The first kappa shape index (κ1) is 11.9. The zero-order chi connectivity index (χ0) is 12.1. The van der Waals surface area contributed by atoms with Gasteiger partial charge in [-0.2, -0.15) is 0 Å². The summed E-state index contributed by atoms with van der Waals surface area (Å²) in [6.07, 6.45) is 4.26. The van der Waals surface area contributed by atoms with Crippen LogP contribution in [-0.4, -0.2) is 15.8 Å². The molecule has 1 heterocycles. The Hall–Kier alpha value is -1.61. The number of alkyl halides is 1. The Bertz CT molecular complexity index is 482. The lowest BCUT2D eigenvalue weighted by atomic mass is 10.1. The molecule has 0 unspecified atom stereocenters. The molecule has 0 saturated carbocycles. The number of benzene rings is 1. The molecule has 1 aromatic heterocycles. The summed E-state index contributed by atoms with van der Waals surface area (Å²) in [5.74, 6) is 1.44. The number of aryl methyl sites for hydroxylation is 2. The molecule has 0 fully saturated rings. The van der Waals surface area contributed by atoms with Crippen LogP contribution in [0.5, 0.6) is 0 Å². The van der Waals surface area contributed by atoms with Crippen LogP contribution in [0.4, 0.5) is 11.5 Å². The van der Waals surface area contributed by atoms with Gasteiger partial charge in [-0.25, -0.2) is 4.98 Å². The molecule has 0 atom stereocenters. The van der Waals surface area contributed by atoms with Gasteiger partial charge < -0.3 is 5.32 Å². The Balaban J connectivity index is 2.11. The van der Waals surface area contributed by atoms with Gasteiger partial charge in [-0.15, -0.1) is 11.6 Å². The number of hydrogen-bond acceptors (Lipinski definition) is 3. The monoisotopic (exact) mass is 247 g/mol. The quantitative estimate of drug-likeness (QED) is 0.843. The van der Waals surface area contributed by atoms with E-state index in [1.807, 2.05) is 19.1 Å². The Morgan fingerprint density at radius 2 is 1.82 bits per heavy atom. The first-order chi connectivity index (χ1) is 8.29. The summed E-state index contributed by atoms with van der Waals surface area (Å²) in [6, 6.07) is 8.18. The number of anilines is 2. The molecule has 0 aliphatic rings. The summed E-state index contributed by atoms with van der Waals surface area (Å²) < 4.78 is 0. The summed E-state index contributed by atoms with van der Waals surface area (Å²) >= 11 is 5.69. The number of rotatable bonds is 4. The predicted molar refractivity (Wildman–Crippen MR) is 70.9 cm³/mol. The number of hydrogen-bond donors (Lipinski definition) is 1. The highest BCUT2D eigenvalue weighted by atomic mass is 35.5. The molecule has 4 heteroatoms. The van der Waals surface area contributed by atoms with E-state index in [4.69, 9.17) is 11.6 Å². The van der Waals surface area contributed by atoms with E-state index < -0.39 is 0 Å². The molecule has 0 bridgehead atoms. The van der Waals surface area contributed by atoms with Crippen LogP contribution >= 0.6 is 11.6 Å². The second-order valence-electron chi connectivity index (χ2n) is 3.75. The van der Waals surface area contributed by atoms with Crippen molar-refractivity contribution >= 4 is 23.1 Å². The lowest BCUT2D eigenvalue weighted by Crippen LogP contribution is -1.98. The third-order valence-electron chi connectivity index (χ3n) is 2.48. The fraction of sp³-hybridized carbons (Fsp3) is 0.231. The largest absolute Gasteiger partial charge is 0.339 e. The second kappa shape index (κ2) is 5.64. The van der Waals surface area contributed by atoms with Crippen molar-refractivity contribution in [3.05, 3.63) is 47.9 Å². The lowest BCUT2D eigenvalue weighted by Gasteiger charge is -2.07. The van der Waals surface area contributed by atoms with E-state index in [0.717, 1.165) is 23.6 Å². The SMILES string of the molecule is Cc1nccnc1Nc1ccc(CCCl)cc1. The summed E-state index contributed by atoms with van der Waals surface area (Å²) in [5, 5.41) is 3.23. The number of nitrogens with zero attached hydrogens (tertiary/aromatic N) is 2. The highest BCUT2D eigenvalue weighted by Gasteiger charge is 2.00. The van der Waals surface area contributed by atoms with Crippen LogP contribution in [0.15, 0.2) is 36.7 Å². The van der Waals surface area contributed by atoms with Crippen molar-refractivity contribution in [2.24, 2.45) is 0 Å². The molecular weight excluding hydrogens is 234 g/mol. The van der Waals surface area contributed by atoms with E-state index in [0.29, 0.717) is 5.88 Å². The van der Waals surface area contributed by atoms with E-state index in [-0.39, 0.29) is 0 Å². The normalized spacial score (nSPS) is 10.2. The topological polar surface area (TPSA) is 37.8 Å². The molecule has 0 amide bonds. The summed E-state index contributed by atoms with van der Waals surface area (Å²) in [4.78, 5) is 8.42. The van der Waals surface area contributed by atoms with E-state index in [9.17, 15) is 0 Å². The van der Waals surface area contributed by atoms with Gasteiger partial charge in [0.2, 0.25) is 0 Å². The van der Waals surface area contributed by atoms with Crippen molar-refractivity contribution in [3.63, 3.8) is 0 Å². The molecule has 88 valence electrons. The zero-order valence-corrected chi connectivity index (χ0v) is 10.4. The predicted octanol–water partition coefficient (Wildman–Crippen LogP) is 3.31. The van der Waals surface area contributed by atoms with Crippen LogP contribution in [0.25, 0.3) is 0 Å². The number of nitrogens with one attached hydrogen (secondary N) is 1. The number of aromatic nitrogens is 2. The maximum Gasteiger partial charge on any atom is 0.151 e. The maximum absolute atomic E-state index is 5.69. The average molecular weight is 248 g/mol. The molecule has 0 spiro atoms. The molecule has 1 N–H and O–H groups in total. The van der Waals surface area contributed by atoms with Gasteiger partial charge >= 0.3 is 0 Å². The Kier molecular flexibility index (Phi) is 3.94. The molecule has 0 aliphatic heterocycles. The van der Waals surface area contributed by atoms with Gasteiger partial charge in [-0.05, 0) is 31.0 Å². The van der Waals surface area contributed by atoms with Crippen LogP contribution in [-0.2, 0) is 6.42 Å². The van der Waals surface area contributed by atoms with E-state index in [1.54, 1.807) is 12.4 Å². The molecule has 17 heavy (non-hydrogen) atoms. The average Bonchev–Trinajstić information content (AvgIpc) is 2.35. The van der Waals surface area contributed by atoms with Crippen molar-refractivity contribution in [2.75, 3.05) is 11.2 Å². The van der Waals surface area contributed by atoms with Crippen LogP contribution in [0, 0.1) is 6.92 Å². The van der Waals surface area contributed by atoms with Crippen molar-refractivity contribution in [1.82, 2.24) is 9.97 Å². The van der Waals surface area contributed by atoms with Gasteiger partial charge in [-0.1, -0.05) is 12.1 Å². The molecule has 2 aromatic rings. The van der Waals surface area contributed by atoms with Crippen LogP contribution < -0.4 is 5.32 Å². The fourth-order valence-electron chi connectivity index (χ4n) is 1.53. The van der Waals surface area contributed by atoms with Gasteiger partial charge in [0.1, 0.15) is 0 Å². The van der Waals surface area contributed by atoms with Crippen molar-refractivity contribution < 1.29 is 0 Å². The highest BCUT2D eigenvalue weighted by molar-refractivity contribution is 6.17.